The van der Waals surface area contributed by atoms with Crippen LogP contribution in [0, 0.1) is 5.92 Å². The van der Waals surface area contributed by atoms with Crippen molar-refractivity contribution in [3.63, 3.8) is 0 Å². The third-order valence-electron chi connectivity index (χ3n) is 8.75. The number of aromatic nitrogens is 1. The molecule has 1 aromatic heterocycles. The lowest BCUT2D eigenvalue weighted by molar-refractivity contribution is -0.227. The summed E-state index contributed by atoms with van der Waals surface area (Å²) in [7, 11) is 4.26. The Morgan fingerprint density at radius 3 is 2.62 bits per heavy atom. The first kappa shape index (κ1) is 30.4. The summed E-state index contributed by atoms with van der Waals surface area (Å²) in [6.07, 6.45) is 5.89. The van der Waals surface area contributed by atoms with Gasteiger partial charge in [-0.15, -0.1) is 0 Å². The van der Waals surface area contributed by atoms with Gasteiger partial charge in [-0.3, -0.25) is 9.78 Å². The van der Waals surface area contributed by atoms with Crippen molar-refractivity contribution in [3.05, 3.63) is 53.9 Å². The molecule has 0 radical (unpaired) electrons. The van der Waals surface area contributed by atoms with Crippen molar-refractivity contribution in [2.75, 3.05) is 56.7 Å². The van der Waals surface area contributed by atoms with Gasteiger partial charge in [0.05, 0.1) is 23.7 Å². The predicted octanol–water partition coefficient (Wildman–Crippen LogP) is 4.59. The molecule has 8 nitrogen and oxygen atoms in total. The normalized spacial score (nSPS) is 22.0. The largest absolute Gasteiger partial charge is 0.381 e. The number of carbonyl (C=O) groups is 1. The fourth-order valence-electron chi connectivity index (χ4n) is 5.74. The number of para-hydroxylation sites is 1. The van der Waals surface area contributed by atoms with Gasteiger partial charge in [-0.05, 0) is 82.8 Å². The van der Waals surface area contributed by atoms with E-state index in [0.717, 1.165) is 57.4 Å². The molecule has 220 valence electrons. The second-order valence-corrected chi connectivity index (χ2v) is 11.4. The summed E-state index contributed by atoms with van der Waals surface area (Å²) in [5, 5.41) is 11.5. The van der Waals surface area contributed by atoms with Crippen LogP contribution in [0.2, 0.25) is 0 Å². The number of benzene rings is 1. The van der Waals surface area contributed by atoms with Crippen LogP contribution in [0.1, 0.15) is 64.1 Å². The van der Waals surface area contributed by atoms with Crippen molar-refractivity contribution in [3.8, 4) is 0 Å². The van der Waals surface area contributed by atoms with Gasteiger partial charge < -0.3 is 29.3 Å². The van der Waals surface area contributed by atoms with Gasteiger partial charge in [-0.1, -0.05) is 32.0 Å². The van der Waals surface area contributed by atoms with Crippen LogP contribution in [0.15, 0.2) is 42.6 Å². The molecular formula is C32H48N4O4. The van der Waals surface area contributed by atoms with Crippen LogP contribution in [0.3, 0.4) is 0 Å². The molecule has 2 aliphatic heterocycles. The summed E-state index contributed by atoms with van der Waals surface area (Å²) in [6, 6.07) is 12.2. The summed E-state index contributed by atoms with van der Waals surface area (Å²) in [4.78, 5) is 24.6. The molecule has 4 atom stereocenters. The van der Waals surface area contributed by atoms with E-state index in [2.05, 4.69) is 60.1 Å². The van der Waals surface area contributed by atoms with Gasteiger partial charge in [0.2, 0.25) is 5.91 Å². The number of rotatable bonds is 13. The highest BCUT2D eigenvalue weighted by atomic mass is 16.7. The van der Waals surface area contributed by atoms with Gasteiger partial charge in [0.25, 0.3) is 0 Å². The Labute approximate surface area is 240 Å². The molecule has 2 aromatic rings. The van der Waals surface area contributed by atoms with Gasteiger partial charge >= 0.3 is 0 Å². The SMILES string of the molecule is CCN(C)CCN(C)c1ccccc1C[C@@H]1CCN(c2ccc(C(O)(CC)[C@H](C)OC3CCCCO3)nc2)C1=O. The smallest absolute Gasteiger partial charge is 0.230 e. The van der Waals surface area contributed by atoms with E-state index in [-0.39, 0.29) is 18.1 Å². The summed E-state index contributed by atoms with van der Waals surface area (Å²) in [5.41, 5.74) is 2.49. The first-order valence-corrected chi connectivity index (χ1v) is 15.0. The lowest BCUT2D eigenvalue weighted by Crippen LogP contribution is -2.42. The number of amides is 1. The molecule has 4 rings (SSSR count). The Morgan fingerprint density at radius 2 is 1.95 bits per heavy atom. The third-order valence-corrected chi connectivity index (χ3v) is 8.75. The Hall–Kier alpha value is -2.52. The van der Waals surface area contributed by atoms with E-state index in [1.807, 2.05) is 30.9 Å². The van der Waals surface area contributed by atoms with Crippen molar-refractivity contribution in [2.24, 2.45) is 5.92 Å². The van der Waals surface area contributed by atoms with E-state index in [0.29, 0.717) is 25.3 Å². The van der Waals surface area contributed by atoms with Gasteiger partial charge in [0, 0.05) is 44.9 Å². The molecule has 0 spiro atoms. The highest BCUT2D eigenvalue weighted by Crippen LogP contribution is 2.34. The number of carbonyl (C=O) groups excluding carboxylic acids is 1. The highest BCUT2D eigenvalue weighted by Gasteiger charge is 2.39. The van der Waals surface area contributed by atoms with Gasteiger partial charge in [0.1, 0.15) is 5.60 Å². The van der Waals surface area contributed by atoms with Crippen LogP contribution in [0.5, 0.6) is 0 Å². The van der Waals surface area contributed by atoms with Crippen molar-refractivity contribution in [2.45, 2.75) is 77.3 Å². The molecule has 2 aliphatic rings. The molecule has 1 amide bonds. The number of anilines is 2. The summed E-state index contributed by atoms with van der Waals surface area (Å²) < 4.78 is 11.8. The Bertz CT molecular complexity index is 1090. The van der Waals surface area contributed by atoms with Gasteiger partial charge in [-0.2, -0.15) is 0 Å². The third kappa shape index (κ3) is 7.03. The van der Waals surface area contributed by atoms with Crippen LogP contribution in [0.4, 0.5) is 11.4 Å². The molecular weight excluding hydrogens is 504 g/mol. The standard InChI is InChI=1S/C32H48N4O4/c1-6-32(38,24(3)40-30-14-10-11-21-39-30)29-16-15-27(23-33-29)36-18-17-26(31(36)37)22-25-12-8-9-13-28(25)35(5)20-19-34(4)7-2/h8-9,12-13,15-16,23-24,26,30,38H,6-7,10-11,14,17-22H2,1-5H3/t24-,26-,30?,32?/m0/s1. The number of nitrogens with zero attached hydrogens (tertiary/aromatic N) is 4. The van der Waals surface area contributed by atoms with Crippen LogP contribution >= 0.6 is 0 Å². The van der Waals surface area contributed by atoms with E-state index in [9.17, 15) is 9.90 Å². The number of ether oxygens (including phenoxy) is 2. The Balaban J connectivity index is 1.40. The molecule has 0 aliphatic carbocycles. The molecule has 1 N–H and O–H groups in total. The minimum Gasteiger partial charge on any atom is -0.381 e. The molecule has 2 saturated heterocycles. The first-order chi connectivity index (χ1) is 19.3. The van der Waals surface area contributed by atoms with Crippen LogP contribution < -0.4 is 9.80 Å². The van der Waals surface area contributed by atoms with Crippen molar-refractivity contribution in [1.82, 2.24) is 9.88 Å². The topological polar surface area (TPSA) is 78.4 Å². The summed E-state index contributed by atoms with van der Waals surface area (Å²) >= 11 is 0. The summed E-state index contributed by atoms with van der Waals surface area (Å²) in [5.74, 6) is 0.0682. The number of pyridine rings is 1. The van der Waals surface area contributed by atoms with Crippen molar-refractivity contribution in [1.29, 1.82) is 0 Å². The average Bonchev–Trinajstić information content (AvgIpc) is 3.35. The zero-order valence-electron chi connectivity index (χ0n) is 25.0. The Kier molecular flexibility index (Phi) is 10.6. The van der Waals surface area contributed by atoms with E-state index in [1.165, 1.54) is 11.3 Å². The van der Waals surface area contributed by atoms with Crippen molar-refractivity contribution >= 4 is 17.3 Å². The number of likely N-dealkylation sites (N-methyl/N-ethyl adjacent to an activating group) is 2. The van der Waals surface area contributed by atoms with Crippen LogP contribution in [-0.2, 0) is 26.3 Å². The van der Waals surface area contributed by atoms with Crippen LogP contribution in [-0.4, -0.2) is 80.2 Å². The summed E-state index contributed by atoms with van der Waals surface area (Å²) in [6.45, 7) is 10.3. The quantitative estimate of drug-likeness (QED) is 0.389. The zero-order valence-corrected chi connectivity index (χ0v) is 25.0. The first-order valence-electron chi connectivity index (χ1n) is 15.0. The molecule has 0 saturated carbocycles. The second kappa shape index (κ2) is 13.9. The molecule has 40 heavy (non-hydrogen) atoms. The molecule has 3 heterocycles. The molecule has 2 fully saturated rings. The Morgan fingerprint density at radius 1 is 1.15 bits per heavy atom. The van der Waals surface area contributed by atoms with E-state index < -0.39 is 11.7 Å². The maximum Gasteiger partial charge on any atom is 0.230 e. The van der Waals surface area contributed by atoms with E-state index >= 15 is 0 Å². The molecule has 0 bridgehead atoms. The van der Waals surface area contributed by atoms with Gasteiger partial charge in [0.15, 0.2) is 6.29 Å². The number of hydrogen-bond acceptors (Lipinski definition) is 7. The second-order valence-electron chi connectivity index (χ2n) is 11.4. The van der Waals surface area contributed by atoms with E-state index in [4.69, 9.17) is 9.47 Å². The fraction of sp³-hybridized carbons (Fsp3) is 0.625. The maximum atomic E-state index is 13.5. The fourth-order valence-corrected chi connectivity index (χ4v) is 5.74. The average molecular weight is 553 g/mol. The van der Waals surface area contributed by atoms with Crippen molar-refractivity contribution < 1.29 is 19.4 Å². The zero-order chi connectivity index (χ0) is 28.7. The molecule has 2 unspecified atom stereocenters. The van der Waals surface area contributed by atoms with Gasteiger partial charge in [-0.25, -0.2) is 0 Å². The predicted molar refractivity (Wildman–Crippen MR) is 160 cm³/mol. The number of aliphatic hydroxyl groups is 1. The molecule has 8 heteroatoms. The van der Waals surface area contributed by atoms with E-state index in [1.54, 1.807) is 6.20 Å². The minimum absolute atomic E-state index is 0.0657. The number of hydrogen-bond donors (Lipinski definition) is 1. The molecule has 1 aromatic carbocycles. The lowest BCUT2D eigenvalue weighted by atomic mass is 9.90. The lowest BCUT2D eigenvalue weighted by Gasteiger charge is -2.36. The van der Waals surface area contributed by atoms with Crippen LogP contribution in [0.25, 0.3) is 0 Å². The maximum absolute atomic E-state index is 13.5. The monoisotopic (exact) mass is 552 g/mol. The minimum atomic E-state index is -1.24. The highest BCUT2D eigenvalue weighted by molar-refractivity contribution is 5.97.